The molecular weight excluding hydrogens is 372 g/mol. The first-order valence-electron chi connectivity index (χ1n) is 8.97. The van der Waals surface area contributed by atoms with Gasteiger partial charge in [-0.05, 0) is 36.4 Å². The second-order valence-corrected chi connectivity index (χ2v) is 7.22. The van der Waals surface area contributed by atoms with E-state index in [0.717, 1.165) is 26.9 Å². The average molecular weight is 392 g/mol. The molecule has 0 aliphatic carbocycles. The maximum Gasteiger partial charge on any atom is 0.326 e. The van der Waals surface area contributed by atoms with E-state index in [9.17, 15) is 4.79 Å². The fraction of sp³-hybridized carbons (Fsp3) is 0.136. The summed E-state index contributed by atoms with van der Waals surface area (Å²) in [7, 11) is 1.62. The quantitative estimate of drug-likeness (QED) is 0.615. The van der Waals surface area contributed by atoms with Crippen LogP contribution in [-0.2, 0) is 0 Å². The van der Waals surface area contributed by atoms with E-state index >= 15 is 0 Å². The molecule has 0 radical (unpaired) electrons. The molecule has 0 fully saturated rings. The molecule has 0 spiro atoms. The highest BCUT2D eigenvalue weighted by atomic mass is 32.2. The van der Waals surface area contributed by atoms with Crippen LogP contribution in [0.1, 0.15) is 0 Å². The van der Waals surface area contributed by atoms with Crippen LogP contribution in [0.2, 0.25) is 0 Å². The van der Waals surface area contributed by atoms with Crippen LogP contribution in [0.15, 0.2) is 82.6 Å². The van der Waals surface area contributed by atoms with E-state index in [1.165, 1.54) is 0 Å². The first-order chi connectivity index (χ1) is 13.8. The molecule has 6 heteroatoms. The molecule has 0 unspecified atom stereocenters. The third-order valence-electron chi connectivity index (χ3n) is 4.32. The lowest BCUT2D eigenvalue weighted by Gasteiger charge is -2.31. The molecule has 142 valence electrons. The highest BCUT2D eigenvalue weighted by Crippen LogP contribution is 2.47. The molecule has 3 aromatic rings. The minimum atomic E-state index is -0.172. The number of para-hydroxylation sites is 2. The van der Waals surface area contributed by atoms with Gasteiger partial charge >= 0.3 is 6.03 Å². The van der Waals surface area contributed by atoms with Crippen molar-refractivity contribution >= 4 is 29.2 Å². The van der Waals surface area contributed by atoms with E-state index in [4.69, 9.17) is 9.47 Å². The molecule has 1 heterocycles. The Morgan fingerprint density at radius 1 is 0.929 bits per heavy atom. The number of hydrogen-bond acceptors (Lipinski definition) is 4. The van der Waals surface area contributed by atoms with Crippen LogP contribution in [-0.4, -0.2) is 26.3 Å². The zero-order valence-electron chi connectivity index (χ0n) is 15.4. The summed E-state index contributed by atoms with van der Waals surface area (Å²) in [5.74, 6) is 1.44. The van der Waals surface area contributed by atoms with Gasteiger partial charge in [-0.25, -0.2) is 4.79 Å². The molecule has 0 bridgehead atoms. The minimum Gasteiger partial charge on any atom is -0.497 e. The van der Waals surface area contributed by atoms with Crippen LogP contribution in [0.25, 0.3) is 0 Å². The Hall–Kier alpha value is -3.12. The molecule has 2 amide bonds. The van der Waals surface area contributed by atoms with Crippen molar-refractivity contribution in [2.75, 3.05) is 25.2 Å². The van der Waals surface area contributed by atoms with Crippen molar-refractivity contribution in [1.82, 2.24) is 5.32 Å². The molecule has 4 rings (SSSR count). The third kappa shape index (κ3) is 3.77. The maximum absolute atomic E-state index is 13.0. The number of nitrogens with zero attached hydrogens (tertiary/aromatic N) is 1. The van der Waals surface area contributed by atoms with Crippen LogP contribution < -0.4 is 19.7 Å². The summed E-state index contributed by atoms with van der Waals surface area (Å²) in [6.07, 6.45) is 0. The summed E-state index contributed by atoms with van der Waals surface area (Å²) in [6, 6.07) is 23.1. The molecule has 0 saturated carbocycles. The van der Waals surface area contributed by atoms with Crippen molar-refractivity contribution in [3.05, 3.63) is 72.8 Å². The maximum atomic E-state index is 13.0. The van der Waals surface area contributed by atoms with Gasteiger partial charge in [0.15, 0.2) is 0 Å². The highest BCUT2D eigenvalue weighted by molar-refractivity contribution is 7.99. The van der Waals surface area contributed by atoms with Gasteiger partial charge in [0.1, 0.15) is 18.1 Å². The number of fused-ring (bicyclic) bond motifs is 2. The molecule has 1 aliphatic heterocycles. The van der Waals surface area contributed by atoms with Gasteiger partial charge in [-0.2, -0.15) is 0 Å². The van der Waals surface area contributed by atoms with E-state index in [0.29, 0.717) is 18.9 Å². The lowest BCUT2D eigenvalue weighted by molar-refractivity contribution is 0.243. The second-order valence-electron chi connectivity index (χ2n) is 6.13. The summed E-state index contributed by atoms with van der Waals surface area (Å²) < 4.78 is 10.9. The SMILES string of the molecule is COc1cccc(OCCNC(=O)N2c3ccccc3Sc3ccccc32)c1. The summed E-state index contributed by atoms with van der Waals surface area (Å²) in [5, 5.41) is 2.95. The van der Waals surface area contributed by atoms with E-state index in [2.05, 4.69) is 5.32 Å². The standard InChI is InChI=1S/C22H20N2O3S/c1-26-16-7-6-8-17(15-16)27-14-13-23-22(25)24-18-9-2-4-11-20(18)28-21-12-5-3-10-19(21)24/h2-12,15H,13-14H2,1H3,(H,23,25). The number of rotatable bonds is 5. The van der Waals surface area contributed by atoms with Crippen LogP contribution >= 0.6 is 11.8 Å². The van der Waals surface area contributed by atoms with E-state index in [1.807, 2.05) is 72.8 Å². The zero-order chi connectivity index (χ0) is 19.3. The zero-order valence-corrected chi connectivity index (χ0v) is 16.2. The Morgan fingerprint density at radius 2 is 1.57 bits per heavy atom. The Morgan fingerprint density at radius 3 is 2.25 bits per heavy atom. The van der Waals surface area contributed by atoms with Gasteiger partial charge in [-0.1, -0.05) is 42.1 Å². The molecule has 5 nitrogen and oxygen atoms in total. The fourth-order valence-electron chi connectivity index (χ4n) is 3.02. The third-order valence-corrected chi connectivity index (χ3v) is 5.45. The smallest absolute Gasteiger partial charge is 0.326 e. The number of carbonyl (C=O) groups excluding carboxylic acids is 1. The summed E-state index contributed by atoms with van der Waals surface area (Å²) in [5.41, 5.74) is 1.77. The molecular formula is C22H20N2O3S. The van der Waals surface area contributed by atoms with Gasteiger partial charge in [0.05, 0.1) is 25.0 Å². The predicted octanol–water partition coefficient (Wildman–Crippen LogP) is 5.09. The van der Waals surface area contributed by atoms with Gasteiger partial charge < -0.3 is 14.8 Å². The predicted molar refractivity (Wildman–Crippen MR) is 111 cm³/mol. The average Bonchev–Trinajstić information content (AvgIpc) is 2.75. The number of methoxy groups -OCH3 is 1. The second kappa shape index (κ2) is 8.27. The van der Waals surface area contributed by atoms with Crippen LogP contribution in [0.4, 0.5) is 16.2 Å². The summed E-state index contributed by atoms with van der Waals surface area (Å²) in [4.78, 5) is 16.8. The number of hydrogen-bond donors (Lipinski definition) is 1. The van der Waals surface area contributed by atoms with E-state index in [-0.39, 0.29) is 6.03 Å². The van der Waals surface area contributed by atoms with Crippen LogP contribution in [0.3, 0.4) is 0 Å². The topological polar surface area (TPSA) is 50.8 Å². The number of amides is 2. The van der Waals surface area contributed by atoms with Crippen molar-refractivity contribution < 1.29 is 14.3 Å². The number of ether oxygens (including phenoxy) is 2. The molecule has 0 aromatic heterocycles. The number of urea groups is 1. The lowest BCUT2D eigenvalue weighted by atomic mass is 10.2. The summed E-state index contributed by atoms with van der Waals surface area (Å²) >= 11 is 1.67. The van der Waals surface area contributed by atoms with Crippen molar-refractivity contribution in [1.29, 1.82) is 0 Å². The molecule has 0 atom stereocenters. The van der Waals surface area contributed by atoms with Crippen molar-refractivity contribution in [2.24, 2.45) is 0 Å². The number of carbonyl (C=O) groups is 1. The van der Waals surface area contributed by atoms with Gasteiger partial charge in [0.2, 0.25) is 0 Å². The Kier molecular flexibility index (Phi) is 5.39. The monoisotopic (exact) mass is 392 g/mol. The first-order valence-corrected chi connectivity index (χ1v) is 9.78. The molecule has 1 N–H and O–H groups in total. The molecule has 1 aliphatic rings. The van der Waals surface area contributed by atoms with Gasteiger partial charge in [-0.3, -0.25) is 4.90 Å². The van der Waals surface area contributed by atoms with Crippen molar-refractivity contribution in [2.45, 2.75) is 9.79 Å². The number of nitrogens with one attached hydrogen (secondary N) is 1. The van der Waals surface area contributed by atoms with Gasteiger partial charge in [0.25, 0.3) is 0 Å². The fourth-order valence-corrected chi connectivity index (χ4v) is 4.08. The van der Waals surface area contributed by atoms with Gasteiger partial charge in [0, 0.05) is 15.9 Å². The summed E-state index contributed by atoms with van der Waals surface area (Å²) in [6.45, 7) is 0.759. The molecule has 0 saturated heterocycles. The largest absolute Gasteiger partial charge is 0.497 e. The highest BCUT2D eigenvalue weighted by Gasteiger charge is 2.27. The number of benzene rings is 3. The lowest BCUT2D eigenvalue weighted by Crippen LogP contribution is -2.40. The first kappa shape index (κ1) is 18.3. The Balaban J connectivity index is 1.43. The molecule has 28 heavy (non-hydrogen) atoms. The Bertz CT molecular complexity index is 947. The van der Waals surface area contributed by atoms with Crippen LogP contribution in [0.5, 0.6) is 11.5 Å². The molecule has 3 aromatic carbocycles. The van der Waals surface area contributed by atoms with Crippen LogP contribution in [0, 0.1) is 0 Å². The van der Waals surface area contributed by atoms with Crippen molar-refractivity contribution in [3.63, 3.8) is 0 Å². The number of anilines is 2. The van der Waals surface area contributed by atoms with E-state index < -0.39 is 0 Å². The van der Waals surface area contributed by atoms with Gasteiger partial charge in [-0.15, -0.1) is 0 Å². The van der Waals surface area contributed by atoms with E-state index in [1.54, 1.807) is 23.8 Å². The Labute approximate surface area is 168 Å². The minimum absolute atomic E-state index is 0.172. The normalized spacial score (nSPS) is 12.0. The van der Waals surface area contributed by atoms with Crippen molar-refractivity contribution in [3.8, 4) is 11.5 Å².